The van der Waals surface area contributed by atoms with E-state index >= 15 is 0 Å². The first-order valence-electron chi connectivity index (χ1n) is 12.3. The van der Waals surface area contributed by atoms with E-state index in [1.807, 2.05) is 0 Å². The smallest absolute Gasteiger partial charge is 0.372 e. The summed E-state index contributed by atoms with van der Waals surface area (Å²) in [6.07, 6.45) is 16.7. The minimum atomic E-state index is -4.94. The zero-order chi connectivity index (χ0) is 21.8. The predicted molar refractivity (Wildman–Crippen MR) is 119 cm³/mol. The first-order chi connectivity index (χ1) is 15.0. The Morgan fingerprint density at radius 3 is 1.45 bits per heavy atom. The van der Waals surface area contributed by atoms with Gasteiger partial charge in [0, 0.05) is 0 Å². The van der Waals surface area contributed by atoms with Crippen molar-refractivity contribution in [1.29, 1.82) is 0 Å². The van der Waals surface area contributed by atoms with Crippen LogP contribution in [-0.2, 0) is 10.1 Å². The zero-order valence-corrected chi connectivity index (χ0v) is 19.3. The minimum absolute atomic E-state index is 0.197. The Morgan fingerprint density at radius 2 is 1.06 bits per heavy atom. The largest absolute Gasteiger partial charge is 0.378 e. The van der Waals surface area contributed by atoms with Crippen molar-refractivity contribution >= 4 is 10.1 Å². The lowest BCUT2D eigenvalue weighted by atomic mass is 9.75. The fourth-order valence-corrected chi connectivity index (χ4v) is 6.55. The van der Waals surface area contributed by atoms with Gasteiger partial charge in [0.1, 0.15) is 5.75 Å². The summed E-state index contributed by atoms with van der Waals surface area (Å²) in [6.45, 7) is 0. The van der Waals surface area contributed by atoms with Crippen LogP contribution in [0.5, 0.6) is 5.75 Å². The fourth-order valence-electron chi connectivity index (χ4n) is 6.05. The molecule has 6 heteroatoms. The second-order valence-electron chi connectivity index (χ2n) is 9.87. The molecule has 0 aliphatic heterocycles. The second-order valence-corrected chi connectivity index (χ2v) is 11.4. The quantitative estimate of drug-likeness (QED) is 0.413. The van der Waals surface area contributed by atoms with E-state index in [9.17, 15) is 17.2 Å². The molecule has 3 nitrogen and oxygen atoms in total. The van der Waals surface area contributed by atoms with E-state index in [1.54, 1.807) is 0 Å². The summed E-state index contributed by atoms with van der Waals surface area (Å²) in [6, 6.07) is 4.27. The average Bonchev–Trinajstić information content (AvgIpc) is 2.80. The van der Waals surface area contributed by atoms with Gasteiger partial charge < -0.3 is 4.18 Å². The van der Waals surface area contributed by atoms with Crippen molar-refractivity contribution in [3.63, 3.8) is 0 Å². The topological polar surface area (TPSA) is 43.4 Å². The van der Waals surface area contributed by atoms with Crippen molar-refractivity contribution in [2.24, 2.45) is 0 Å². The molecule has 1 aromatic rings. The van der Waals surface area contributed by atoms with Gasteiger partial charge in [-0.05, 0) is 73.0 Å². The maximum atomic E-state index is 13.3. The zero-order valence-electron chi connectivity index (χ0n) is 18.5. The number of benzene rings is 1. The monoisotopic (exact) mass is 454 g/mol. The lowest BCUT2D eigenvalue weighted by Crippen LogP contribution is -2.22. The molecule has 0 heterocycles. The highest BCUT2D eigenvalue weighted by molar-refractivity contribution is 7.87. The van der Waals surface area contributed by atoms with E-state index in [-0.39, 0.29) is 17.6 Å². The van der Waals surface area contributed by atoms with Crippen LogP contribution in [0.15, 0.2) is 12.1 Å². The van der Waals surface area contributed by atoms with Gasteiger partial charge in [-0.15, -0.1) is 0 Å². The molecule has 0 atom stereocenters. The Morgan fingerprint density at radius 1 is 0.677 bits per heavy atom. The van der Waals surface area contributed by atoms with Gasteiger partial charge in [-0.25, -0.2) is 0 Å². The molecule has 0 aromatic heterocycles. The van der Waals surface area contributed by atoms with Crippen LogP contribution < -0.4 is 4.18 Å². The Kier molecular flexibility index (Phi) is 7.56. The van der Waals surface area contributed by atoms with E-state index < -0.39 is 15.9 Å². The van der Waals surface area contributed by atoms with Crippen molar-refractivity contribution < 1.29 is 21.4 Å². The van der Waals surface area contributed by atoms with E-state index in [2.05, 4.69) is 12.1 Å². The van der Waals surface area contributed by atoms with E-state index in [0.717, 1.165) is 75.3 Å². The molecule has 3 saturated carbocycles. The number of hydrogen-bond donors (Lipinski definition) is 0. The summed E-state index contributed by atoms with van der Waals surface area (Å²) in [5, 5.41) is 0. The van der Waals surface area contributed by atoms with Crippen LogP contribution in [0.25, 0.3) is 0 Å². The number of hydrogen-bond acceptors (Lipinski definition) is 3. The molecule has 1 aromatic carbocycles. The molecule has 3 aliphatic carbocycles. The SMILES string of the molecule is O=S(=O)(Oc1c(C2CCCCC2)cc(C2CCCCC2)cc1C1CCCCC1)C(F)F. The van der Waals surface area contributed by atoms with Crippen molar-refractivity contribution in [3.05, 3.63) is 28.8 Å². The van der Waals surface area contributed by atoms with Crippen LogP contribution >= 0.6 is 0 Å². The minimum Gasteiger partial charge on any atom is -0.378 e. The Labute approximate surface area is 186 Å². The molecule has 4 rings (SSSR count). The molecule has 31 heavy (non-hydrogen) atoms. The maximum Gasteiger partial charge on any atom is 0.372 e. The third kappa shape index (κ3) is 5.43. The van der Waals surface area contributed by atoms with Gasteiger partial charge in [-0.1, -0.05) is 69.9 Å². The Hall–Kier alpha value is -1.17. The Bertz CT molecular complexity index is 795. The molecule has 0 N–H and O–H groups in total. The van der Waals surface area contributed by atoms with Crippen molar-refractivity contribution in [2.45, 2.75) is 120 Å². The first kappa shape index (κ1) is 23.0. The number of rotatable bonds is 6. The highest BCUT2D eigenvalue weighted by Crippen LogP contribution is 2.47. The molecule has 174 valence electrons. The molecular formula is C25H36F2O3S. The lowest BCUT2D eigenvalue weighted by Gasteiger charge is -2.31. The number of halogens is 2. The molecule has 0 spiro atoms. The third-order valence-electron chi connectivity index (χ3n) is 7.75. The molecule has 0 bridgehead atoms. The summed E-state index contributed by atoms with van der Waals surface area (Å²) < 4.78 is 56.3. The van der Waals surface area contributed by atoms with Crippen molar-refractivity contribution in [3.8, 4) is 5.75 Å². The van der Waals surface area contributed by atoms with Crippen LogP contribution in [0.3, 0.4) is 0 Å². The van der Waals surface area contributed by atoms with Crippen LogP contribution in [-0.4, -0.2) is 14.2 Å². The van der Waals surface area contributed by atoms with Crippen LogP contribution in [0.4, 0.5) is 8.78 Å². The van der Waals surface area contributed by atoms with Crippen LogP contribution in [0, 0.1) is 0 Å². The fraction of sp³-hybridized carbons (Fsp3) is 0.760. The molecule has 3 fully saturated rings. The predicted octanol–water partition coefficient (Wildman–Crippen LogP) is 7.76. The lowest BCUT2D eigenvalue weighted by molar-refractivity contribution is 0.219. The average molecular weight is 455 g/mol. The summed E-state index contributed by atoms with van der Waals surface area (Å²) >= 11 is 0. The molecule has 0 radical (unpaired) electrons. The second kappa shape index (κ2) is 10.2. The van der Waals surface area contributed by atoms with Crippen LogP contribution in [0.2, 0.25) is 0 Å². The van der Waals surface area contributed by atoms with E-state index in [1.165, 1.54) is 37.7 Å². The normalized spacial score (nSPS) is 22.7. The van der Waals surface area contributed by atoms with Crippen LogP contribution in [0.1, 0.15) is 131 Å². The van der Waals surface area contributed by atoms with Gasteiger partial charge in [-0.2, -0.15) is 17.2 Å². The van der Waals surface area contributed by atoms with Gasteiger partial charge >= 0.3 is 15.9 Å². The summed E-state index contributed by atoms with van der Waals surface area (Å²) in [7, 11) is -4.94. The first-order valence-corrected chi connectivity index (χ1v) is 13.8. The van der Waals surface area contributed by atoms with Gasteiger partial charge in [0.05, 0.1) is 0 Å². The van der Waals surface area contributed by atoms with Gasteiger partial charge in [0.15, 0.2) is 0 Å². The van der Waals surface area contributed by atoms with Gasteiger partial charge in [0.2, 0.25) is 0 Å². The van der Waals surface area contributed by atoms with E-state index in [4.69, 9.17) is 4.18 Å². The van der Waals surface area contributed by atoms with Gasteiger partial charge in [-0.3, -0.25) is 0 Å². The van der Waals surface area contributed by atoms with Gasteiger partial charge in [0.25, 0.3) is 0 Å². The highest BCUT2D eigenvalue weighted by atomic mass is 32.2. The maximum absolute atomic E-state index is 13.3. The molecule has 3 aliphatic rings. The Balaban J connectivity index is 1.82. The summed E-state index contributed by atoms with van der Waals surface area (Å²) in [5.41, 5.74) is 3.04. The molecule has 0 amide bonds. The van der Waals surface area contributed by atoms with Crippen molar-refractivity contribution in [1.82, 2.24) is 0 Å². The standard InChI is InChI=1S/C25H36F2O3S/c26-25(27)31(28,29)30-24-22(19-12-6-2-7-13-19)16-21(18-10-4-1-5-11-18)17-23(24)20-14-8-3-9-15-20/h16-20,25H,1-15H2. The molecule has 0 unspecified atom stereocenters. The number of alkyl halides is 2. The third-order valence-corrected chi connectivity index (χ3v) is 8.59. The van der Waals surface area contributed by atoms with E-state index in [0.29, 0.717) is 5.92 Å². The highest BCUT2D eigenvalue weighted by Gasteiger charge is 2.34. The summed E-state index contributed by atoms with van der Waals surface area (Å²) in [5.74, 6) is -2.40. The van der Waals surface area contributed by atoms with Crippen molar-refractivity contribution in [2.75, 3.05) is 0 Å². The molecule has 0 saturated heterocycles. The molecular weight excluding hydrogens is 418 g/mol. The summed E-state index contributed by atoms with van der Waals surface area (Å²) in [4.78, 5) is 0.